The molecule has 0 saturated carbocycles. The number of hydrogen-bond donors (Lipinski definition) is 0. The van der Waals surface area contributed by atoms with Crippen molar-refractivity contribution in [3.05, 3.63) is 72.2 Å². The molecule has 138 valence electrons. The first-order valence-corrected chi connectivity index (χ1v) is 9.13. The van der Waals surface area contributed by atoms with E-state index in [-0.39, 0.29) is 12.0 Å². The molecule has 0 spiro atoms. The molecule has 4 rings (SSSR count). The summed E-state index contributed by atoms with van der Waals surface area (Å²) < 4.78 is 7.40. The van der Waals surface area contributed by atoms with Crippen LogP contribution in [0.3, 0.4) is 0 Å². The molecule has 6 nitrogen and oxygen atoms in total. The fourth-order valence-electron chi connectivity index (χ4n) is 3.32. The van der Waals surface area contributed by atoms with E-state index >= 15 is 0 Å². The quantitative estimate of drug-likeness (QED) is 0.716. The first-order valence-electron chi connectivity index (χ1n) is 9.13. The van der Waals surface area contributed by atoms with Gasteiger partial charge in [-0.3, -0.25) is 14.5 Å². The van der Waals surface area contributed by atoms with Gasteiger partial charge in [0, 0.05) is 37.2 Å². The molecule has 1 saturated heterocycles. The normalized spacial score (nSPS) is 17.1. The van der Waals surface area contributed by atoms with Crippen molar-refractivity contribution in [2.75, 3.05) is 19.7 Å². The number of benzene rings is 1. The van der Waals surface area contributed by atoms with Gasteiger partial charge in [-0.15, -0.1) is 0 Å². The zero-order valence-electron chi connectivity index (χ0n) is 15.3. The number of aromatic nitrogens is 3. The molecule has 1 unspecified atom stereocenters. The van der Waals surface area contributed by atoms with E-state index in [0.29, 0.717) is 37.5 Å². The molecule has 0 bridgehead atoms. The van der Waals surface area contributed by atoms with E-state index in [9.17, 15) is 4.79 Å². The second kappa shape index (κ2) is 7.72. The lowest BCUT2D eigenvalue weighted by atomic mass is 10.1. The molecule has 6 heteroatoms. The minimum absolute atomic E-state index is 0.0108. The number of pyridine rings is 1. The van der Waals surface area contributed by atoms with Crippen molar-refractivity contribution in [1.82, 2.24) is 19.7 Å². The average molecular weight is 362 g/mol. The molecule has 1 aliphatic rings. The molecule has 0 aliphatic carbocycles. The summed E-state index contributed by atoms with van der Waals surface area (Å²) in [4.78, 5) is 19.2. The highest BCUT2D eigenvalue weighted by Gasteiger charge is 2.26. The van der Waals surface area contributed by atoms with E-state index in [1.54, 1.807) is 12.4 Å². The highest BCUT2D eigenvalue weighted by atomic mass is 16.5. The number of carbonyl (C=O) groups excluding carboxylic acids is 1. The molecule has 3 aromatic rings. The van der Waals surface area contributed by atoms with Gasteiger partial charge in [-0.05, 0) is 24.6 Å². The molecule has 1 atom stereocenters. The summed E-state index contributed by atoms with van der Waals surface area (Å²) in [6.07, 6.45) is 5.35. The first-order chi connectivity index (χ1) is 13.2. The van der Waals surface area contributed by atoms with E-state index in [1.807, 2.05) is 53.0 Å². The highest BCUT2D eigenvalue weighted by molar-refractivity contribution is 5.99. The van der Waals surface area contributed by atoms with Gasteiger partial charge in [0.05, 0.1) is 24.8 Å². The van der Waals surface area contributed by atoms with Crippen LogP contribution >= 0.6 is 0 Å². The fraction of sp³-hybridized carbons (Fsp3) is 0.286. The largest absolute Gasteiger partial charge is 0.375 e. The van der Waals surface area contributed by atoms with Crippen molar-refractivity contribution in [2.45, 2.75) is 19.6 Å². The van der Waals surface area contributed by atoms with Crippen molar-refractivity contribution in [1.29, 1.82) is 0 Å². The molecule has 1 aromatic carbocycles. The lowest BCUT2D eigenvalue weighted by molar-refractivity contribution is -0.0123. The van der Waals surface area contributed by atoms with Gasteiger partial charge in [0.15, 0.2) is 0 Å². The van der Waals surface area contributed by atoms with Crippen molar-refractivity contribution < 1.29 is 9.53 Å². The highest BCUT2D eigenvalue weighted by Crippen LogP contribution is 2.24. The Balaban J connectivity index is 1.69. The van der Waals surface area contributed by atoms with Gasteiger partial charge < -0.3 is 9.64 Å². The van der Waals surface area contributed by atoms with E-state index < -0.39 is 0 Å². The van der Waals surface area contributed by atoms with Crippen molar-refractivity contribution in [2.24, 2.45) is 0 Å². The molecule has 1 aliphatic heterocycles. The summed E-state index contributed by atoms with van der Waals surface area (Å²) in [5, 5.41) is 4.71. The summed E-state index contributed by atoms with van der Waals surface area (Å²) in [7, 11) is 0. The van der Waals surface area contributed by atoms with Crippen LogP contribution in [0.2, 0.25) is 0 Å². The summed E-state index contributed by atoms with van der Waals surface area (Å²) in [6, 6.07) is 13.9. The average Bonchev–Trinajstić information content (AvgIpc) is 3.12. The Morgan fingerprint density at radius 3 is 2.81 bits per heavy atom. The standard InChI is InChI=1S/C21H22N4O2/c1-16-13-24(10-11-27-16)21(26)19-15-25(14-17-6-3-2-4-7-17)23-20(19)18-8-5-9-22-12-18/h2-9,12,15-16H,10-11,13-14H2,1H3. The molecular formula is C21H22N4O2. The Morgan fingerprint density at radius 2 is 2.07 bits per heavy atom. The molecule has 1 fully saturated rings. The molecule has 27 heavy (non-hydrogen) atoms. The third-order valence-electron chi connectivity index (χ3n) is 4.64. The molecule has 2 aromatic heterocycles. The number of morpholine rings is 1. The SMILES string of the molecule is CC1CN(C(=O)c2cn(Cc3ccccc3)nc2-c2cccnc2)CCO1. The van der Waals surface area contributed by atoms with Crippen molar-refractivity contribution in [3.63, 3.8) is 0 Å². The van der Waals surface area contributed by atoms with E-state index in [2.05, 4.69) is 17.1 Å². The van der Waals surface area contributed by atoms with Gasteiger partial charge >= 0.3 is 0 Å². The van der Waals surface area contributed by atoms with Gasteiger partial charge in [0.2, 0.25) is 0 Å². The summed E-state index contributed by atoms with van der Waals surface area (Å²) in [5.41, 5.74) is 3.25. The van der Waals surface area contributed by atoms with Gasteiger partial charge in [0.25, 0.3) is 5.91 Å². The van der Waals surface area contributed by atoms with Gasteiger partial charge in [-0.1, -0.05) is 30.3 Å². The monoisotopic (exact) mass is 362 g/mol. The molecule has 0 radical (unpaired) electrons. The number of hydrogen-bond acceptors (Lipinski definition) is 4. The van der Waals surface area contributed by atoms with Crippen LogP contribution in [-0.4, -0.2) is 51.4 Å². The Bertz CT molecular complexity index is 908. The third kappa shape index (κ3) is 3.90. The van der Waals surface area contributed by atoms with Crippen LogP contribution < -0.4 is 0 Å². The minimum atomic E-state index is -0.0108. The van der Waals surface area contributed by atoms with Gasteiger partial charge in [0.1, 0.15) is 5.69 Å². The number of carbonyl (C=O) groups is 1. The van der Waals surface area contributed by atoms with Crippen molar-refractivity contribution >= 4 is 5.91 Å². The predicted molar refractivity (Wildman–Crippen MR) is 102 cm³/mol. The second-order valence-corrected chi connectivity index (χ2v) is 6.75. The van der Waals surface area contributed by atoms with Crippen LogP contribution in [-0.2, 0) is 11.3 Å². The summed E-state index contributed by atoms with van der Waals surface area (Å²) in [5.74, 6) is -0.0108. The predicted octanol–water partition coefficient (Wildman–Crippen LogP) is 2.85. The van der Waals surface area contributed by atoms with Crippen LogP contribution in [0, 0.1) is 0 Å². The lowest BCUT2D eigenvalue weighted by Crippen LogP contribution is -2.44. The van der Waals surface area contributed by atoms with Crippen LogP contribution in [0.5, 0.6) is 0 Å². The number of rotatable bonds is 4. The molecular weight excluding hydrogens is 340 g/mol. The minimum Gasteiger partial charge on any atom is -0.375 e. The second-order valence-electron chi connectivity index (χ2n) is 6.75. The summed E-state index contributed by atoms with van der Waals surface area (Å²) in [6.45, 7) is 4.35. The fourth-order valence-corrected chi connectivity index (χ4v) is 3.32. The maximum atomic E-state index is 13.2. The Hall–Kier alpha value is -2.99. The number of ether oxygens (including phenoxy) is 1. The zero-order chi connectivity index (χ0) is 18.6. The maximum Gasteiger partial charge on any atom is 0.257 e. The molecule has 1 amide bonds. The maximum absolute atomic E-state index is 13.2. The zero-order valence-corrected chi connectivity index (χ0v) is 15.3. The third-order valence-corrected chi connectivity index (χ3v) is 4.64. The molecule has 0 N–H and O–H groups in total. The van der Waals surface area contributed by atoms with Crippen LogP contribution in [0.25, 0.3) is 11.3 Å². The van der Waals surface area contributed by atoms with Gasteiger partial charge in [-0.25, -0.2) is 0 Å². The van der Waals surface area contributed by atoms with E-state index in [1.165, 1.54) is 0 Å². The Labute approximate surface area is 158 Å². The summed E-state index contributed by atoms with van der Waals surface area (Å²) >= 11 is 0. The Morgan fingerprint density at radius 1 is 1.22 bits per heavy atom. The first kappa shape index (κ1) is 17.4. The van der Waals surface area contributed by atoms with Crippen LogP contribution in [0.4, 0.5) is 0 Å². The Kier molecular flexibility index (Phi) is 4.98. The van der Waals surface area contributed by atoms with Crippen LogP contribution in [0.1, 0.15) is 22.8 Å². The van der Waals surface area contributed by atoms with E-state index in [4.69, 9.17) is 9.84 Å². The number of amides is 1. The molecule has 3 heterocycles. The van der Waals surface area contributed by atoms with Gasteiger partial charge in [-0.2, -0.15) is 5.10 Å². The van der Waals surface area contributed by atoms with Crippen LogP contribution in [0.15, 0.2) is 61.1 Å². The van der Waals surface area contributed by atoms with Crippen molar-refractivity contribution in [3.8, 4) is 11.3 Å². The smallest absolute Gasteiger partial charge is 0.257 e. The lowest BCUT2D eigenvalue weighted by Gasteiger charge is -2.31. The number of nitrogens with zero attached hydrogens (tertiary/aromatic N) is 4. The van der Waals surface area contributed by atoms with E-state index in [0.717, 1.165) is 11.1 Å². The topological polar surface area (TPSA) is 60.2 Å².